The zero-order chi connectivity index (χ0) is 12.9. The summed E-state index contributed by atoms with van der Waals surface area (Å²) in [6, 6.07) is 7.75. The summed E-state index contributed by atoms with van der Waals surface area (Å²) in [6.07, 6.45) is -4.08. The van der Waals surface area contributed by atoms with Crippen LogP contribution in [0.4, 0.5) is 13.2 Å². The highest BCUT2D eigenvalue weighted by atomic mass is 19.4. The van der Waals surface area contributed by atoms with Crippen molar-refractivity contribution in [2.24, 2.45) is 0 Å². The topological polar surface area (TPSA) is 17.1 Å². The Balaban J connectivity index is 3.07. The van der Waals surface area contributed by atoms with Gasteiger partial charge in [-0.2, -0.15) is 13.2 Å². The first-order valence-corrected chi connectivity index (χ1v) is 4.76. The van der Waals surface area contributed by atoms with Crippen molar-refractivity contribution in [2.45, 2.75) is 13.1 Å². The van der Waals surface area contributed by atoms with E-state index in [0.29, 0.717) is 6.08 Å². The van der Waals surface area contributed by atoms with E-state index in [1.165, 1.54) is 19.1 Å². The van der Waals surface area contributed by atoms with Crippen LogP contribution in [0.5, 0.6) is 0 Å². The van der Waals surface area contributed by atoms with Crippen LogP contribution in [0.15, 0.2) is 42.0 Å². The Morgan fingerprint density at radius 2 is 1.82 bits per heavy atom. The summed E-state index contributed by atoms with van der Waals surface area (Å²) < 4.78 is 37.4. The zero-order valence-corrected chi connectivity index (χ0v) is 9.01. The second kappa shape index (κ2) is 5.35. The molecule has 1 rings (SSSR count). The molecule has 0 N–H and O–H groups in total. The molecule has 17 heavy (non-hydrogen) atoms. The average molecular weight is 238 g/mol. The van der Waals surface area contributed by atoms with E-state index in [-0.39, 0.29) is 5.56 Å². The predicted molar refractivity (Wildman–Crippen MR) is 58.4 cm³/mol. The average Bonchev–Trinajstić information content (AvgIpc) is 2.28. The Labute approximate surface area is 97.0 Å². The van der Waals surface area contributed by atoms with Gasteiger partial charge in [-0.1, -0.05) is 36.3 Å². The molecule has 1 nitrogen and oxygen atoms in total. The maximum absolute atomic E-state index is 12.5. The van der Waals surface area contributed by atoms with Gasteiger partial charge < -0.3 is 0 Å². The van der Waals surface area contributed by atoms with Crippen molar-refractivity contribution in [3.63, 3.8) is 0 Å². The second-order valence-corrected chi connectivity index (χ2v) is 3.16. The Morgan fingerprint density at radius 3 is 2.29 bits per heavy atom. The number of ketones is 1. The van der Waals surface area contributed by atoms with Gasteiger partial charge in [0.15, 0.2) is 5.78 Å². The van der Waals surface area contributed by atoms with Crippen LogP contribution in [-0.4, -0.2) is 12.0 Å². The van der Waals surface area contributed by atoms with E-state index >= 15 is 0 Å². The van der Waals surface area contributed by atoms with E-state index in [0.717, 1.165) is 0 Å². The number of alkyl halides is 3. The van der Waals surface area contributed by atoms with Crippen molar-refractivity contribution in [1.29, 1.82) is 0 Å². The van der Waals surface area contributed by atoms with Gasteiger partial charge in [0.2, 0.25) is 0 Å². The van der Waals surface area contributed by atoms with Crippen LogP contribution in [0.3, 0.4) is 0 Å². The molecular formula is C13H9F3O. The van der Waals surface area contributed by atoms with Crippen LogP contribution in [0.2, 0.25) is 0 Å². The van der Waals surface area contributed by atoms with Crippen LogP contribution in [0.1, 0.15) is 17.3 Å². The minimum atomic E-state index is -4.60. The van der Waals surface area contributed by atoms with Crippen molar-refractivity contribution < 1.29 is 18.0 Å². The van der Waals surface area contributed by atoms with E-state index < -0.39 is 17.5 Å². The molecular weight excluding hydrogens is 229 g/mol. The van der Waals surface area contributed by atoms with Crippen molar-refractivity contribution in [1.82, 2.24) is 0 Å². The molecule has 0 fully saturated rings. The minimum Gasteiger partial charge on any atom is -0.289 e. The molecule has 0 spiro atoms. The highest BCUT2D eigenvalue weighted by molar-refractivity contribution is 6.05. The first-order valence-electron chi connectivity index (χ1n) is 4.76. The lowest BCUT2D eigenvalue weighted by molar-refractivity contribution is -0.0872. The molecule has 0 aliphatic carbocycles. The highest BCUT2D eigenvalue weighted by Crippen LogP contribution is 2.25. The first kappa shape index (κ1) is 13.0. The van der Waals surface area contributed by atoms with Gasteiger partial charge in [-0.15, -0.1) is 5.92 Å². The molecule has 0 radical (unpaired) electrons. The SMILES string of the molecule is CC#C/C(=C/C(=O)c1ccccc1)C(F)(F)F. The number of hydrogen-bond acceptors (Lipinski definition) is 1. The number of hydrogen-bond donors (Lipinski definition) is 0. The third-order valence-electron chi connectivity index (χ3n) is 1.90. The quantitative estimate of drug-likeness (QED) is 0.438. The summed E-state index contributed by atoms with van der Waals surface area (Å²) in [6.45, 7) is 1.28. The van der Waals surface area contributed by atoms with E-state index in [4.69, 9.17) is 0 Å². The van der Waals surface area contributed by atoms with E-state index in [9.17, 15) is 18.0 Å². The van der Waals surface area contributed by atoms with Crippen LogP contribution >= 0.6 is 0 Å². The Hall–Kier alpha value is -2.02. The summed E-state index contributed by atoms with van der Waals surface area (Å²) in [5, 5.41) is 0. The van der Waals surface area contributed by atoms with Gasteiger partial charge in [-0.25, -0.2) is 0 Å². The Bertz CT molecular complexity index is 487. The molecule has 0 aromatic heterocycles. The predicted octanol–water partition coefficient (Wildman–Crippen LogP) is 3.38. The molecule has 0 aliphatic rings. The second-order valence-electron chi connectivity index (χ2n) is 3.16. The zero-order valence-electron chi connectivity index (χ0n) is 9.01. The Morgan fingerprint density at radius 1 is 1.24 bits per heavy atom. The molecule has 0 unspecified atom stereocenters. The number of halogens is 3. The lowest BCUT2D eigenvalue weighted by atomic mass is 10.1. The molecule has 0 bridgehead atoms. The lowest BCUT2D eigenvalue weighted by Crippen LogP contribution is -2.12. The first-order chi connectivity index (χ1) is 7.95. The number of benzene rings is 1. The third-order valence-corrected chi connectivity index (χ3v) is 1.90. The maximum Gasteiger partial charge on any atom is 0.424 e. The molecule has 0 aliphatic heterocycles. The molecule has 1 aromatic carbocycles. The summed E-state index contributed by atoms with van der Waals surface area (Å²) in [5.74, 6) is 3.32. The van der Waals surface area contributed by atoms with Crippen LogP contribution in [0, 0.1) is 11.8 Å². The monoisotopic (exact) mass is 238 g/mol. The normalized spacial score (nSPS) is 11.6. The van der Waals surface area contributed by atoms with Crippen LogP contribution < -0.4 is 0 Å². The summed E-state index contributed by atoms with van der Waals surface area (Å²) in [7, 11) is 0. The molecule has 1 aromatic rings. The number of carbonyl (C=O) groups excluding carboxylic acids is 1. The van der Waals surface area contributed by atoms with Gasteiger partial charge in [-0.05, 0) is 6.92 Å². The standard InChI is InChI=1S/C13H9F3O/c1-2-6-11(13(14,15)16)9-12(17)10-7-4-3-5-8-10/h3-5,7-9H,1H3/b11-9-. The van der Waals surface area contributed by atoms with Gasteiger partial charge in [-0.3, -0.25) is 4.79 Å². The molecule has 0 atom stereocenters. The summed E-state index contributed by atoms with van der Waals surface area (Å²) in [4.78, 5) is 11.5. The number of rotatable bonds is 2. The van der Waals surface area contributed by atoms with Crippen molar-refractivity contribution >= 4 is 5.78 Å². The molecule has 0 heterocycles. The Kier molecular flexibility index (Phi) is 4.11. The lowest BCUT2D eigenvalue weighted by Gasteiger charge is -2.04. The van der Waals surface area contributed by atoms with Crippen molar-refractivity contribution in [3.8, 4) is 11.8 Å². The highest BCUT2D eigenvalue weighted by Gasteiger charge is 2.33. The van der Waals surface area contributed by atoms with Gasteiger partial charge in [0, 0.05) is 11.6 Å². The van der Waals surface area contributed by atoms with Gasteiger partial charge in [0.1, 0.15) is 5.57 Å². The van der Waals surface area contributed by atoms with E-state index in [1.54, 1.807) is 18.2 Å². The van der Waals surface area contributed by atoms with Gasteiger partial charge in [0.25, 0.3) is 0 Å². The molecule has 0 saturated carbocycles. The number of allylic oxidation sites excluding steroid dienone is 2. The van der Waals surface area contributed by atoms with Gasteiger partial charge in [0.05, 0.1) is 0 Å². The smallest absolute Gasteiger partial charge is 0.289 e. The minimum absolute atomic E-state index is 0.201. The molecule has 88 valence electrons. The summed E-state index contributed by atoms with van der Waals surface area (Å²) in [5.41, 5.74) is -0.930. The van der Waals surface area contributed by atoms with E-state index in [2.05, 4.69) is 5.92 Å². The molecule has 0 amide bonds. The maximum atomic E-state index is 12.5. The number of carbonyl (C=O) groups is 1. The summed E-state index contributed by atoms with van der Waals surface area (Å²) >= 11 is 0. The third kappa shape index (κ3) is 3.80. The van der Waals surface area contributed by atoms with Gasteiger partial charge >= 0.3 is 6.18 Å². The van der Waals surface area contributed by atoms with Crippen LogP contribution in [0.25, 0.3) is 0 Å². The molecule has 4 heteroatoms. The van der Waals surface area contributed by atoms with Crippen LogP contribution in [-0.2, 0) is 0 Å². The fourth-order valence-electron chi connectivity index (χ4n) is 1.14. The fourth-order valence-corrected chi connectivity index (χ4v) is 1.14. The largest absolute Gasteiger partial charge is 0.424 e. The van der Waals surface area contributed by atoms with Crippen molar-refractivity contribution in [2.75, 3.05) is 0 Å². The van der Waals surface area contributed by atoms with Crippen molar-refractivity contribution in [3.05, 3.63) is 47.5 Å². The van der Waals surface area contributed by atoms with E-state index in [1.807, 2.05) is 5.92 Å². The molecule has 0 saturated heterocycles. The fraction of sp³-hybridized carbons (Fsp3) is 0.154.